The highest BCUT2D eigenvalue weighted by Gasteiger charge is 2.10. The molecule has 0 saturated carbocycles. The van der Waals surface area contributed by atoms with Crippen molar-refractivity contribution in [2.24, 2.45) is 0 Å². The number of hydrogen-bond acceptors (Lipinski definition) is 4. The average molecular weight is 369 g/mol. The molecular formula is C19H17ClN4O2. The molecule has 0 saturated heterocycles. The molecule has 1 amide bonds. The van der Waals surface area contributed by atoms with Crippen molar-refractivity contribution in [1.82, 2.24) is 14.8 Å². The molecule has 1 N–H and O–H groups in total. The van der Waals surface area contributed by atoms with E-state index < -0.39 is 5.69 Å². The fourth-order valence-corrected chi connectivity index (χ4v) is 2.56. The molecule has 0 atom stereocenters. The number of nitrogens with one attached hydrogen (secondary N) is 1. The molecule has 0 aliphatic heterocycles. The van der Waals surface area contributed by atoms with Crippen LogP contribution < -0.4 is 11.0 Å². The van der Waals surface area contributed by atoms with Gasteiger partial charge in [0.1, 0.15) is 6.54 Å². The lowest BCUT2D eigenvalue weighted by Gasteiger charge is -2.09. The average Bonchev–Trinajstić information content (AvgIpc) is 2.60. The Morgan fingerprint density at radius 2 is 1.88 bits per heavy atom. The summed E-state index contributed by atoms with van der Waals surface area (Å²) in [6.45, 7) is 3.61. The van der Waals surface area contributed by atoms with Crippen molar-refractivity contribution in [1.29, 1.82) is 0 Å². The topological polar surface area (TPSA) is 76.9 Å². The highest BCUT2D eigenvalue weighted by Crippen LogP contribution is 2.20. The smallest absolute Gasteiger partial charge is 0.324 e. The van der Waals surface area contributed by atoms with Crippen molar-refractivity contribution >= 4 is 23.2 Å². The van der Waals surface area contributed by atoms with Gasteiger partial charge in [-0.15, -0.1) is 0 Å². The third-order valence-corrected chi connectivity index (χ3v) is 4.11. The van der Waals surface area contributed by atoms with Crippen LogP contribution in [0, 0.1) is 13.8 Å². The van der Waals surface area contributed by atoms with E-state index in [0.29, 0.717) is 16.4 Å². The number of hydrogen-bond donors (Lipinski definition) is 1. The Labute approximate surface area is 155 Å². The molecule has 0 spiro atoms. The normalized spacial score (nSPS) is 10.6. The molecule has 0 unspecified atom stereocenters. The van der Waals surface area contributed by atoms with E-state index in [0.717, 1.165) is 21.4 Å². The van der Waals surface area contributed by atoms with Crippen LogP contribution in [0.1, 0.15) is 11.1 Å². The fourth-order valence-electron chi connectivity index (χ4n) is 2.39. The van der Waals surface area contributed by atoms with Crippen molar-refractivity contribution in [3.8, 4) is 11.3 Å². The molecule has 1 aromatic heterocycles. The lowest BCUT2D eigenvalue weighted by Crippen LogP contribution is -2.31. The lowest BCUT2D eigenvalue weighted by atomic mass is 10.1. The van der Waals surface area contributed by atoms with Gasteiger partial charge in [0.15, 0.2) is 0 Å². The van der Waals surface area contributed by atoms with E-state index in [1.54, 1.807) is 18.2 Å². The van der Waals surface area contributed by atoms with Crippen LogP contribution in [0.2, 0.25) is 5.02 Å². The molecule has 0 bridgehead atoms. The first-order valence-corrected chi connectivity index (χ1v) is 8.37. The summed E-state index contributed by atoms with van der Waals surface area (Å²) in [4.78, 5) is 28.4. The number of carbonyl (C=O) groups excluding carboxylic acids is 1. The van der Waals surface area contributed by atoms with Crippen LogP contribution in [-0.2, 0) is 11.3 Å². The van der Waals surface area contributed by atoms with Gasteiger partial charge in [-0.3, -0.25) is 4.79 Å². The van der Waals surface area contributed by atoms with Crippen molar-refractivity contribution < 1.29 is 4.79 Å². The first-order chi connectivity index (χ1) is 12.4. The standard InChI is InChI=1S/C19H17ClN4O2/c1-12-3-6-14(7-4-12)17-10-21-24(19(26)23-17)11-18(25)22-16-9-15(20)8-5-13(16)2/h3-10H,11H2,1-2H3,(H,22,25). The van der Waals surface area contributed by atoms with Crippen LogP contribution in [0.3, 0.4) is 0 Å². The van der Waals surface area contributed by atoms with Gasteiger partial charge in [-0.1, -0.05) is 47.5 Å². The van der Waals surface area contributed by atoms with Crippen LogP contribution in [0.25, 0.3) is 11.3 Å². The minimum Gasteiger partial charge on any atom is -0.324 e. The molecular weight excluding hydrogens is 352 g/mol. The second-order valence-corrected chi connectivity index (χ2v) is 6.39. The van der Waals surface area contributed by atoms with Gasteiger partial charge in [0, 0.05) is 16.3 Å². The summed E-state index contributed by atoms with van der Waals surface area (Å²) >= 11 is 5.94. The number of halogens is 1. The Morgan fingerprint density at radius 3 is 2.58 bits per heavy atom. The fraction of sp³-hybridized carbons (Fsp3) is 0.158. The van der Waals surface area contributed by atoms with E-state index in [2.05, 4.69) is 15.4 Å². The number of anilines is 1. The Kier molecular flexibility index (Phi) is 5.14. The molecule has 1 heterocycles. The number of benzene rings is 2. The lowest BCUT2D eigenvalue weighted by molar-refractivity contribution is -0.117. The zero-order chi connectivity index (χ0) is 18.7. The van der Waals surface area contributed by atoms with Gasteiger partial charge in [0.2, 0.25) is 5.91 Å². The van der Waals surface area contributed by atoms with Gasteiger partial charge in [0.25, 0.3) is 0 Å². The summed E-state index contributed by atoms with van der Waals surface area (Å²) < 4.78 is 1.02. The monoisotopic (exact) mass is 368 g/mol. The van der Waals surface area contributed by atoms with Gasteiger partial charge in [-0.05, 0) is 31.5 Å². The maximum Gasteiger partial charge on any atom is 0.365 e. The number of amides is 1. The van der Waals surface area contributed by atoms with Gasteiger partial charge in [-0.25, -0.2) is 9.48 Å². The van der Waals surface area contributed by atoms with E-state index in [1.165, 1.54) is 6.20 Å². The van der Waals surface area contributed by atoms with Crippen molar-refractivity contribution in [3.63, 3.8) is 0 Å². The summed E-state index contributed by atoms with van der Waals surface area (Å²) in [6.07, 6.45) is 1.48. The van der Waals surface area contributed by atoms with E-state index in [4.69, 9.17) is 11.6 Å². The van der Waals surface area contributed by atoms with Crippen LogP contribution in [0.15, 0.2) is 53.5 Å². The van der Waals surface area contributed by atoms with Crippen molar-refractivity contribution in [2.45, 2.75) is 20.4 Å². The number of rotatable bonds is 4. The summed E-state index contributed by atoms with van der Waals surface area (Å²) in [5.74, 6) is -0.380. The van der Waals surface area contributed by atoms with Gasteiger partial charge in [-0.2, -0.15) is 10.1 Å². The molecule has 0 aliphatic carbocycles. The second-order valence-electron chi connectivity index (χ2n) is 5.96. The van der Waals surface area contributed by atoms with Gasteiger partial charge >= 0.3 is 5.69 Å². The summed E-state index contributed by atoms with van der Waals surface area (Å²) in [7, 11) is 0. The highest BCUT2D eigenvalue weighted by molar-refractivity contribution is 6.31. The number of aryl methyl sites for hydroxylation is 2. The maximum absolute atomic E-state index is 12.2. The molecule has 0 fully saturated rings. The van der Waals surface area contributed by atoms with E-state index in [9.17, 15) is 9.59 Å². The van der Waals surface area contributed by atoms with Crippen LogP contribution in [0.5, 0.6) is 0 Å². The zero-order valence-electron chi connectivity index (χ0n) is 14.4. The minimum absolute atomic E-state index is 0.230. The largest absolute Gasteiger partial charge is 0.365 e. The second kappa shape index (κ2) is 7.49. The van der Waals surface area contributed by atoms with Crippen LogP contribution in [-0.4, -0.2) is 20.7 Å². The Hall–Kier alpha value is -2.99. The summed E-state index contributed by atoms with van der Waals surface area (Å²) in [5, 5.41) is 7.30. The predicted octanol–water partition coefficient (Wildman–Crippen LogP) is 3.21. The first kappa shape index (κ1) is 17.8. The molecule has 26 heavy (non-hydrogen) atoms. The van der Waals surface area contributed by atoms with E-state index in [1.807, 2.05) is 38.1 Å². The van der Waals surface area contributed by atoms with Gasteiger partial charge < -0.3 is 5.32 Å². The molecule has 2 aromatic carbocycles. The first-order valence-electron chi connectivity index (χ1n) is 7.99. The molecule has 3 aromatic rings. The quantitative estimate of drug-likeness (QED) is 0.767. The maximum atomic E-state index is 12.2. The summed E-state index contributed by atoms with van der Waals surface area (Å²) in [6, 6.07) is 12.8. The summed E-state index contributed by atoms with van der Waals surface area (Å²) in [5.41, 5.74) is 3.27. The third kappa shape index (κ3) is 4.15. The van der Waals surface area contributed by atoms with Crippen molar-refractivity contribution in [3.05, 3.63) is 75.3 Å². The number of carbonyl (C=O) groups is 1. The van der Waals surface area contributed by atoms with Crippen molar-refractivity contribution in [2.75, 3.05) is 5.32 Å². The third-order valence-electron chi connectivity index (χ3n) is 3.87. The van der Waals surface area contributed by atoms with Gasteiger partial charge in [0.05, 0.1) is 11.9 Å². The number of aromatic nitrogens is 3. The predicted molar refractivity (Wildman–Crippen MR) is 101 cm³/mol. The Balaban J connectivity index is 1.75. The van der Waals surface area contributed by atoms with Crippen LogP contribution in [0.4, 0.5) is 5.69 Å². The Bertz CT molecular complexity index is 1010. The highest BCUT2D eigenvalue weighted by atomic mass is 35.5. The zero-order valence-corrected chi connectivity index (χ0v) is 15.1. The molecule has 3 rings (SSSR count). The molecule has 0 radical (unpaired) electrons. The van der Waals surface area contributed by atoms with Crippen LogP contribution >= 0.6 is 11.6 Å². The minimum atomic E-state index is -0.582. The molecule has 132 valence electrons. The molecule has 6 nitrogen and oxygen atoms in total. The van der Waals surface area contributed by atoms with E-state index >= 15 is 0 Å². The Morgan fingerprint density at radius 1 is 1.15 bits per heavy atom. The number of nitrogens with zero attached hydrogens (tertiary/aromatic N) is 3. The molecule has 0 aliphatic rings. The molecule has 7 heteroatoms. The SMILES string of the molecule is Cc1ccc(-c2cnn(CC(=O)Nc3cc(Cl)ccc3C)c(=O)n2)cc1. The van der Waals surface area contributed by atoms with E-state index in [-0.39, 0.29) is 12.5 Å².